The molecular formula is C20H31N3O3. The molecule has 1 fully saturated rings. The fraction of sp³-hybridized carbons (Fsp3) is 0.600. The molecule has 0 spiro atoms. The highest BCUT2D eigenvalue weighted by atomic mass is 16.3. The van der Waals surface area contributed by atoms with Gasteiger partial charge in [0.1, 0.15) is 0 Å². The van der Waals surface area contributed by atoms with Crippen molar-refractivity contribution in [3.8, 4) is 0 Å². The summed E-state index contributed by atoms with van der Waals surface area (Å²) in [5, 5.41) is 12.7. The predicted molar refractivity (Wildman–Crippen MR) is 102 cm³/mol. The van der Waals surface area contributed by atoms with Crippen LogP contribution in [0.3, 0.4) is 0 Å². The first-order valence-electron chi connectivity index (χ1n) is 9.38. The summed E-state index contributed by atoms with van der Waals surface area (Å²) in [5.41, 5.74) is 1.05. The van der Waals surface area contributed by atoms with Gasteiger partial charge in [-0.25, -0.2) is 0 Å². The molecule has 1 aromatic rings. The topological polar surface area (TPSA) is 72.9 Å². The zero-order valence-corrected chi connectivity index (χ0v) is 16.1. The summed E-state index contributed by atoms with van der Waals surface area (Å²) in [4.78, 5) is 28.4. The Hall–Kier alpha value is -1.92. The van der Waals surface area contributed by atoms with E-state index in [0.717, 1.165) is 12.0 Å². The third-order valence-electron chi connectivity index (χ3n) is 4.60. The molecule has 0 aliphatic carbocycles. The van der Waals surface area contributed by atoms with Crippen molar-refractivity contribution in [1.82, 2.24) is 15.1 Å². The molecule has 6 nitrogen and oxygen atoms in total. The van der Waals surface area contributed by atoms with Crippen LogP contribution in [0.5, 0.6) is 0 Å². The number of piperazine rings is 1. The first-order valence-corrected chi connectivity index (χ1v) is 9.38. The van der Waals surface area contributed by atoms with Crippen molar-refractivity contribution < 1.29 is 14.7 Å². The van der Waals surface area contributed by atoms with Crippen LogP contribution < -0.4 is 5.32 Å². The summed E-state index contributed by atoms with van der Waals surface area (Å²) in [5.74, 6) is 0.0690. The fourth-order valence-electron chi connectivity index (χ4n) is 3.06. The number of carbonyl (C=O) groups is 2. The molecule has 2 N–H and O–H groups in total. The third kappa shape index (κ3) is 6.42. The molecule has 0 radical (unpaired) electrons. The molecule has 1 heterocycles. The lowest BCUT2D eigenvalue weighted by molar-refractivity contribution is -0.122. The third-order valence-corrected chi connectivity index (χ3v) is 4.60. The molecule has 0 unspecified atom stereocenters. The Morgan fingerprint density at radius 1 is 1.19 bits per heavy atom. The zero-order valence-electron chi connectivity index (χ0n) is 16.1. The average Bonchev–Trinajstić information content (AvgIpc) is 2.60. The SMILES string of the molecule is CCNC(=O)CN1CCN(C(=O)c2cccc(CCC(C)(C)O)c2)CC1. The van der Waals surface area contributed by atoms with Crippen molar-refractivity contribution in [3.05, 3.63) is 35.4 Å². The van der Waals surface area contributed by atoms with Gasteiger partial charge in [-0.3, -0.25) is 14.5 Å². The second kappa shape index (κ2) is 9.14. The molecule has 1 saturated heterocycles. The summed E-state index contributed by atoms with van der Waals surface area (Å²) in [7, 11) is 0. The number of benzene rings is 1. The number of nitrogens with zero attached hydrogens (tertiary/aromatic N) is 2. The predicted octanol–water partition coefficient (Wildman–Crippen LogP) is 1.28. The lowest BCUT2D eigenvalue weighted by atomic mass is 9.97. The van der Waals surface area contributed by atoms with E-state index in [9.17, 15) is 14.7 Å². The van der Waals surface area contributed by atoms with Gasteiger partial charge in [-0.15, -0.1) is 0 Å². The number of hydrogen-bond acceptors (Lipinski definition) is 4. The van der Waals surface area contributed by atoms with Crippen LogP contribution in [0.25, 0.3) is 0 Å². The second-order valence-corrected chi connectivity index (χ2v) is 7.53. The van der Waals surface area contributed by atoms with Crippen molar-refractivity contribution in [3.63, 3.8) is 0 Å². The molecule has 1 aliphatic heterocycles. The summed E-state index contributed by atoms with van der Waals surface area (Å²) in [6.45, 7) is 9.21. The minimum Gasteiger partial charge on any atom is -0.390 e. The van der Waals surface area contributed by atoms with Crippen molar-refractivity contribution in [2.24, 2.45) is 0 Å². The summed E-state index contributed by atoms with van der Waals surface area (Å²) in [6, 6.07) is 7.66. The van der Waals surface area contributed by atoms with E-state index in [4.69, 9.17) is 0 Å². The zero-order chi connectivity index (χ0) is 19.2. The van der Waals surface area contributed by atoms with Gasteiger partial charge >= 0.3 is 0 Å². The smallest absolute Gasteiger partial charge is 0.253 e. The Morgan fingerprint density at radius 2 is 1.88 bits per heavy atom. The second-order valence-electron chi connectivity index (χ2n) is 7.53. The molecule has 144 valence electrons. The fourth-order valence-corrected chi connectivity index (χ4v) is 3.06. The minimum atomic E-state index is -0.708. The highest BCUT2D eigenvalue weighted by Crippen LogP contribution is 2.16. The largest absolute Gasteiger partial charge is 0.390 e. The number of rotatable bonds is 7. The van der Waals surface area contributed by atoms with Crippen LogP contribution in [-0.4, -0.2) is 71.6 Å². The highest BCUT2D eigenvalue weighted by Gasteiger charge is 2.23. The van der Waals surface area contributed by atoms with Crippen molar-refractivity contribution >= 4 is 11.8 Å². The van der Waals surface area contributed by atoms with Crippen LogP contribution in [0.4, 0.5) is 0 Å². The first-order chi connectivity index (χ1) is 12.3. The van der Waals surface area contributed by atoms with Gasteiger partial charge in [0.05, 0.1) is 12.1 Å². The van der Waals surface area contributed by atoms with Crippen LogP contribution in [0.1, 0.15) is 43.1 Å². The van der Waals surface area contributed by atoms with Crippen molar-refractivity contribution in [2.75, 3.05) is 39.3 Å². The lowest BCUT2D eigenvalue weighted by Crippen LogP contribution is -2.51. The van der Waals surface area contributed by atoms with E-state index < -0.39 is 5.60 Å². The Labute approximate surface area is 156 Å². The van der Waals surface area contributed by atoms with Gasteiger partial charge in [-0.1, -0.05) is 12.1 Å². The standard InChI is InChI=1S/C20H31N3O3/c1-4-21-18(24)15-22-10-12-23(13-11-22)19(25)17-7-5-6-16(14-17)8-9-20(2,3)26/h5-7,14,26H,4,8-13,15H2,1-3H3,(H,21,24). The Balaban J connectivity index is 1.89. The molecule has 0 bridgehead atoms. The van der Waals surface area contributed by atoms with Crippen LogP contribution in [0, 0.1) is 0 Å². The molecule has 0 aromatic heterocycles. The molecule has 2 amide bonds. The van der Waals surface area contributed by atoms with E-state index in [2.05, 4.69) is 10.2 Å². The molecule has 26 heavy (non-hydrogen) atoms. The van der Waals surface area contributed by atoms with E-state index in [1.807, 2.05) is 36.1 Å². The monoisotopic (exact) mass is 361 g/mol. The molecule has 0 atom stereocenters. The number of aliphatic hydroxyl groups is 1. The van der Waals surface area contributed by atoms with Crippen LogP contribution in [0.2, 0.25) is 0 Å². The summed E-state index contributed by atoms with van der Waals surface area (Å²) in [6.07, 6.45) is 1.40. The Morgan fingerprint density at radius 3 is 2.50 bits per heavy atom. The van der Waals surface area contributed by atoms with Gasteiger partial charge in [0.2, 0.25) is 5.91 Å². The maximum atomic E-state index is 12.8. The van der Waals surface area contributed by atoms with E-state index in [1.165, 1.54) is 0 Å². The van der Waals surface area contributed by atoms with E-state index in [1.54, 1.807) is 13.8 Å². The molecule has 1 aromatic carbocycles. The van der Waals surface area contributed by atoms with E-state index in [-0.39, 0.29) is 11.8 Å². The first kappa shape index (κ1) is 20.4. The lowest BCUT2D eigenvalue weighted by Gasteiger charge is -2.34. The average molecular weight is 361 g/mol. The van der Waals surface area contributed by atoms with Crippen molar-refractivity contribution in [1.29, 1.82) is 0 Å². The number of hydrogen-bond donors (Lipinski definition) is 2. The number of amides is 2. The summed E-state index contributed by atoms with van der Waals surface area (Å²) < 4.78 is 0. The molecular weight excluding hydrogens is 330 g/mol. The number of nitrogens with one attached hydrogen (secondary N) is 1. The Bertz CT molecular complexity index is 617. The van der Waals surface area contributed by atoms with Crippen LogP contribution >= 0.6 is 0 Å². The number of likely N-dealkylation sites (N-methyl/N-ethyl adjacent to an activating group) is 1. The maximum Gasteiger partial charge on any atom is 0.253 e. The Kier molecular flexibility index (Phi) is 7.17. The molecule has 2 rings (SSSR count). The van der Waals surface area contributed by atoms with Crippen LogP contribution in [0.15, 0.2) is 24.3 Å². The van der Waals surface area contributed by atoms with Gasteiger partial charge < -0.3 is 15.3 Å². The van der Waals surface area contributed by atoms with Gasteiger partial charge in [0, 0.05) is 38.3 Å². The number of carbonyl (C=O) groups excluding carboxylic acids is 2. The highest BCUT2D eigenvalue weighted by molar-refractivity contribution is 5.94. The van der Waals surface area contributed by atoms with Gasteiger partial charge in [-0.2, -0.15) is 0 Å². The van der Waals surface area contributed by atoms with Gasteiger partial charge in [-0.05, 0) is 51.3 Å². The summed E-state index contributed by atoms with van der Waals surface area (Å²) >= 11 is 0. The van der Waals surface area contributed by atoms with E-state index >= 15 is 0 Å². The molecule has 0 saturated carbocycles. The molecule has 1 aliphatic rings. The van der Waals surface area contributed by atoms with Crippen LogP contribution in [-0.2, 0) is 11.2 Å². The van der Waals surface area contributed by atoms with Gasteiger partial charge in [0.25, 0.3) is 5.91 Å². The molecule has 6 heteroatoms. The van der Waals surface area contributed by atoms with E-state index in [0.29, 0.717) is 51.3 Å². The van der Waals surface area contributed by atoms with Gasteiger partial charge in [0.15, 0.2) is 0 Å². The minimum absolute atomic E-state index is 0.0341. The number of aryl methyl sites for hydroxylation is 1. The van der Waals surface area contributed by atoms with Crippen molar-refractivity contribution in [2.45, 2.75) is 39.2 Å². The normalized spacial score (nSPS) is 15.8. The maximum absolute atomic E-state index is 12.8. The quantitative estimate of drug-likeness (QED) is 0.767.